The second kappa shape index (κ2) is 15.8. The third-order valence-electron chi connectivity index (χ3n) is 9.77. The number of aliphatic hydroxyl groups is 1. The number of ether oxygens (including phenoxy) is 4. The van der Waals surface area contributed by atoms with Crippen molar-refractivity contribution in [1.29, 1.82) is 0 Å². The Labute approximate surface area is 307 Å². The molecule has 288 valence electrons. The number of nitrogens with two attached hydrogens (primary N) is 1. The summed E-state index contributed by atoms with van der Waals surface area (Å²) in [5.41, 5.74) is 4.87. The fourth-order valence-corrected chi connectivity index (χ4v) is 8.02. The number of nitro groups is 1. The average Bonchev–Trinajstić information content (AvgIpc) is 3.49. The Morgan fingerprint density at radius 2 is 1.00 bits per heavy atom. The van der Waals surface area contributed by atoms with E-state index in [0.29, 0.717) is 5.75 Å². The number of nitrogen functional groups attached to an aromatic ring is 1. The van der Waals surface area contributed by atoms with Crippen molar-refractivity contribution in [1.82, 2.24) is 9.80 Å². The van der Waals surface area contributed by atoms with Crippen molar-refractivity contribution < 1.29 is 38.6 Å². The topological polar surface area (TPSA) is 167 Å². The normalized spacial score (nSPS) is 27.7. The number of carbonyl (C=O) groups excluding carboxylic acids is 2. The Bertz CT molecular complexity index is 1510. The van der Waals surface area contributed by atoms with Crippen LogP contribution in [0.5, 0.6) is 11.5 Å². The molecule has 4 aliphatic heterocycles. The molecule has 2 aromatic carbocycles. The molecule has 4 aliphatic rings. The maximum Gasteiger partial charge on any atom is 0.410 e. The Morgan fingerprint density at radius 1 is 0.692 bits per heavy atom. The van der Waals surface area contributed by atoms with E-state index >= 15 is 0 Å². The van der Waals surface area contributed by atoms with E-state index < -0.39 is 21.7 Å². The van der Waals surface area contributed by atoms with E-state index in [4.69, 9.17) is 29.8 Å². The number of nitrogens with zero attached hydrogens (tertiary/aromatic N) is 3. The number of benzene rings is 2. The quantitative estimate of drug-likeness (QED) is 0.176. The SMILES string of the molecule is CC(C)(C)OC(=O)N1C2CCC1CC(C)(Oc1ccc(N)cc1)C2.CC(C)(C)OC(=O)N1C2CCC1CC(C)(Oc1ccc([N+](=O)[O-])cc1)C2.CO. The Hall–Kier alpha value is -4.26. The molecule has 4 unspecified atom stereocenters. The number of non-ortho nitro benzene ring substituents is 1. The summed E-state index contributed by atoms with van der Waals surface area (Å²) in [4.78, 5) is 39.2. The number of hydrogen-bond acceptors (Lipinski definition) is 10. The molecule has 0 radical (unpaired) electrons. The van der Waals surface area contributed by atoms with E-state index in [1.165, 1.54) is 12.1 Å². The summed E-state index contributed by atoms with van der Waals surface area (Å²) in [6.45, 7) is 15.5. The fourth-order valence-electron chi connectivity index (χ4n) is 8.02. The minimum atomic E-state index is -0.507. The summed E-state index contributed by atoms with van der Waals surface area (Å²) < 4.78 is 23.6. The molecule has 4 saturated heterocycles. The lowest BCUT2D eigenvalue weighted by molar-refractivity contribution is -0.384. The molecule has 3 N–H and O–H groups in total. The summed E-state index contributed by atoms with van der Waals surface area (Å²) in [6, 6.07) is 14.3. The minimum Gasteiger partial charge on any atom is -0.487 e. The van der Waals surface area contributed by atoms with E-state index in [0.717, 1.165) is 69.9 Å². The van der Waals surface area contributed by atoms with Crippen LogP contribution < -0.4 is 15.2 Å². The first-order valence-electron chi connectivity index (χ1n) is 18.2. The number of amides is 2. The second-order valence-corrected chi connectivity index (χ2v) is 16.8. The molecule has 2 aromatic rings. The number of nitro benzene ring substituents is 1. The van der Waals surface area contributed by atoms with Gasteiger partial charge in [0, 0.05) is 74.8 Å². The van der Waals surface area contributed by atoms with Crippen molar-refractivity contribution in [3.05, 3.63) is 58.6 Å². The highest BCUT2D eigenvalue weighted by molar-refractivity contribution is 5.70. The predicted molar refractivity (Wildman–Crippen MR) is 198 cm³/mol. The number of carbonyl (C=O) groups is 2. The average molecular weight is 727 g/mol. The molecule has 52 heavy (non-hydrogen) atoms. The maximum absolute atomic E-state index is 12.5. The molecule has 0 aromatic heterocycles. The Balaban J connectivity index is 0.000000223. The first kappa shape index (κ1) is 40.5. The molecule has 0 saturated carbocycles. The summed E-state index contributed by atoms with van der Waals surface area (Å²) in [5, 5.41) is 17.8. The summed E-state index contributed by atoms with van der Waals surface area (Å²) in [5.74, 6) is 1.44. The van der Waals surface area contributed by atoms with Gasteiger partial charge in [0.05, 0.1) is 4.92 Å². The Kier molecular flexibility index (Phi) is 12.3. The van der Waals surface area contributed by atoms with Crippen molar-refractivity contribution in [2.75, 3.05) is 12.8 Å². The van der Waals surface area contributed by atoms with Crippen LogP contribution >= 0.6 is 0 Å². The molecular formula is C39H58N4O9. The van der Waals surface area contributed by atoms with Crippen molar-refractivity contribution in [3.63, 3.8) is 0 Å². The number of piperidine rings is 2. The van der Waals surface area contributed by atoms with Gasteiger partial charge < -0.3 is 39.6 Å². The van der Waals surface area contributed by atoms with Crippen LogP contribution in [0.25, 0.3) is 0 Å². The van der Waals surface area contributed by atoms with Crippen LogP contribution in [0.3, 0.4) is 0 Å². The van der Waals surface area contributed by atoms with Gasteiger partial charge in [0.2, 0.25) is 0 Å². The van der Waals surface area contributed by atoms with Crippen LogP contribution in [0.1, 0.15) is 107 Å². The zero-order chi connectivity index (χ0) is 38.6. The van der Waals surface area contributed by atoms with Crippen LogP contribution in [-0.2, 0) is 9.47 Å². The molecule has 4 fully saturated rings. The smallest absolute Gasteiger partial charge is 0.410 e. The number of rotatable bonds is 5. The monoisotopic (exact) mass is 726 g/mol. The van der Waals surface area contributed by atoms with Crippen LogP contribution in [-0.4, -0.2) is 85.7 Å². The summed E-state index contributed by atoms with van der Waals surface area (Å²) in [6.07, 6.45) is 6.59. The van der Waals surface area contributed by atoms with E-state index in [9.17, 15) is 19.7 Å². The molecule has 2 amide bonds. The standard InChI is InChI=1S/C19H26N2O5.C19H28N2O3.CH4O/c1-18(2,3)26-17(22)20-14-5-6-15(20)12-19(4,11-14)25-16-9-7-13(8-10-16)21(23)24;1-18(2,3)24-17(22)21-14-7-8-15(21)12-19(4,11-14)23-16-9-5-13(20)6-10-16;1-2/h7-10,14-15H,5-6,11-12H2,1-4H3;5-6,9-10,14-15H,7-8,11-12,20H2,1-4H3;2H,1H3. The molecular weight excluding hydrogens is 668 g/mol. The zero-order valence-electron chi connectivity index (χ0n) is 32.2. The van der Waals surface area contributed by atoms with Gasteiger partial charge in [0.15, 0.2) is 0 Å². The van der Waals surface area contributed by atoms with Crippen molar-refractivity contribution in [3.8, 4) is 11.5 Å². The molecule has 13 nitrogen and oxygen atoms in total. The lowest BCUT2D eigenvalue weighted by atomic mass is 9.87. The summed E-state index contributed by atoms with van der Waals surface area (Å²) in [7, 11) is 1.00. The molecule has 0 spiro atoms. The summed E-state index contributed by atoms with van der Waals surface area (Å²) >= 11 is 0. The van der Waals surface area contributed by atoms with Gasteiger partial charge in [-0.3, -0.25) is 10.1 Å². The van der Waals surface area contributed by atoms with Crippen molar-refractivity contribution >= 4 is 23.6 Å². The van der Waals surface area contributed by atoms with Gasteiger partial charge >= 0.3 is 12.2 Å². The van der Waals surface area contributed by atoms with E-state index in [1.807, 2.05) is 82.5 Å². The van der Waals surface area contributed by atoms with Gasteiger partial charge in [0.1, 0.15) is 33.9 Å². The minimum absolute atomic E-state index is 0.0438. The van der Waals surface area contributed by atoms with E-state index in [-0.39, 0.29) is 47.6 Å². The number of fused-ring (bicyclic) bond motifs is 4. The molecule has 0 aliphatic carbocycles. The highest BCUT2D eigenvalue weighted by Gasteiger charge is 2.51. The number of anilines is 1. The Morgan fingerprint density at radius 3 is 1.29 bits per heavy atom. The van der Waals surface area contributed by atoms with Gasteiger partial charge in [-0.05, 0) is 117 Å². The van der Waals surface area contributed by atoms with Crippen LogP contribution in [0.15, 0.2) is 48.5 Å². The largest absolute Gasteiger partial charge is 0.487 e. The van der Waals surface area contributed by atoms with Gasteiger partial charge in [-0.15, -0.1) is 0 Å². The fraction of sp³-hybridized carbons (Fsp3) is 0.641. The molecule has 6 rings (SSSR count). The maximum atomic E-state index is 12.5. The lowest BCUT2D eigenvalue weighted by Gasteiger charge is -2.44. The molecule has 4 bridgehead atoms. The molecule has 4 atom stereocenters. The number of hydrogen-bond donors (Lipinski definition) is 2. The second-order valence-electron chi connectivity index (χ2n) is 16.8. The first-order valence-corrected chi connectivity index (χ1v) is 18.2. The van der Waals surface area contributed by atoms with Gasteiger partial charge in [0.25, 0.3) is 5.69 Å². The predicted octanol–water partition coefficient (Wildman–Crippen LogP) is 7.87. The highest BCUT2D eigenvalue weighted by atomic mass is 16.6. The van der Waals surface area contributed by atoms with Gasteiger partial charge in [-0.1, -0.05) is 0 Å². The molecule has 13 heteroatoms. The van der Waals surface area contributed by atoms with E-state index in [1.54, 1.807) is 12.1 Å². The van der Waals surface area contributed by atoms with Crippen LogP contribution in [0, 0.1) is 10.1 Å². The van der Waals surface area contributed by atoms with Gasteiger partial charge in [-0.25, -0.2) is 9.59 Å². The zero-order valence-corrected chi connectivity index (χ0v) is 32.2. The van der Waals surface area contributed by atoms with E-state index in [2.05, 4.69) is 6.92 Å². The van der Waals surface area contributed by atoms with Crippen molar-refractivity contribution in [2.24, 2.45) is 0 Å². The third kappa shape index (κ3) is 10.4. The van der Waals surface area contributed by atoms with Crippen molar-refractivity contribution in [2.45, 2.75) is 153 Å². The van der Waals surface area contributed by atoms with Crippen LogP contribution in [0.4, 0.5) is 21.0 Å². The van der Waals surface area contributed by atoms with Crippen LogP contribution in [0.2, 0.25) is 0 Å². The first-order chi connectivity index (χ1) is 24.2. The molecule has 4 heterocycles. The van der Waals surface area contributed by atoms with Gasteiger partial charge in [-0.2, -0.15) is 0 Å². The number of aliphatic hydroxyl groups excluding tert-OH is 1. The highest BCUT2D eigenvalue weighted by Crippen LogP contribution is 2.45. The lowest BCUT2D eigenvalue weighted by Crippen LogP contribution is -2.55. The third-order valence-corrected chi connectivity index (χ3v) is 9.77.